The van der Waals surface area contributed by atoms with Crippen molar-refractivity contribution in [2.24, 2.45) is 5.92 Å². The Bertz CT molecular complexity index is 621. The SMILES string of the molecule is c1cnc(NCC[C@@H]2CN(C3CCC3)Cc3ccnn3C2)nc1. The highest BCUT2D eigenvalue weighted by Crippen LogP contribution is 2.29. The van der Waals surface area contributed by atoms with Gasteiger partial charge < -0.3 is 5.32 Å². The van der Waals surface area contributed by atoms with Crippen LogP contribution in [0.4, 0.5) is 5.95 Å². The van der Waals surface area contributed by atoms with Gasteiger partial charge in [-0.2, -0.15) is 5.10 Å². The first-order valence-corrected chi connectivity index (χ1v) is 8.64. The smallest absolute Gasteiger partial charge is 0.222 e. The fraction of sp³-hybridized carbons (Fsp3) is 0.588. The van der Waals surface area contributed by atoms with Gasteiger partial charge in [-0.1, -0.05) is 6.42 Å². The Kier molecular flexibility index (Phi) is 4.24. The number of nitrogens with zero attached hydrogens (tertiary/aromatic N) is 5. The highest BCUT2D eigenvalue weighted by atomic mass is 15.3. The van der Waals surface area contributed by atoms with E-state index in [0.717, 1.165) is 38.0 Å². The largest absolute Gasteiger partial charge is 0.354 e. The summed E-state index contributed by atoms with van der Waals surface area (Å²) in [6.07, 6.45) is 10.7. The summed E-state index contributed by atoms with van der Waals surface area (Å²) in [5.74, 6) is 1.34. The fourth-order valence-corrected chi connectivity index (χ4v) is 3.56. The van der Waals surface area contributed by atoms with Gasteiger partial charge in [-0.15, -0.1) is 0 Å². The van der Waals surface area contributed by atoms with E-state index < -0.39 is 0 Å². The lowest BCUT2D eigenvalue weighted by atomic mass is 9.90. The van der Waals surface area contributed by atoms with E-state index in [1.807, 2.05) is 12.3 Å². The zero-order valence-corrected chi connectivity index (χ0v) is 13.4. The van der Waals surface area contributed by atoms with Crippen molar-refractivity contribution in [2.75, 3.05) is 18.4 Å². The highest BCUT2D eigenvalue weighted by Gasteiger charge is 2.30. The molecule has 1 fully saturated rings. The maximum atomic E-state index is 4.52. The molecule has 0 amide bonds. The highest BCUT2D eigenvalue weighted by molar-refractivity contribution is 5.21. The van der Waals surface area contributed by atoms with Crippen LogP contribution in [0.3, 0.4) is 0 Å². The summed E-state index contributed by atoms with van der Waals surface area (Å²) < 4.78 is 2.20. The Morgan fingerprint density at radius 2 is 2.00 bits per heavy atom. The number of fused-ring (bicyclic) bond motifs is 1. The van der Waals surface area contributed by atoms with Crippen LogP contribution < -0.4 is 5.32 Å². The molecule has 6 nitrogen and oxygen atoms in total. The molecule has 2 aliphatic rings. The predicted molar refractivity (Wildman–Crippen MR) is 88.9 cm³/mol. The molecular formula is C17H24N6. The van der Waals surface area contributed by atoms with Crippen molar-refractivity contribution in [2.45, 2.75) is 44.8 Å². The number of aromatic nitrogens is 4. The molecule has 0 saturated heterocycles. The third-order valence-electron chi connectivity index (χ3n) is 5.09. The van der Waals surface area contributed by atoms with Gasteiger partial charge in [0.05, 0.1) is 5.69 Å². The van der Waals surface area contributed by atoms with Gasteiger partial charge in [0.1, 0.15) is 0 Å². The fourth-order valence-electron chi connectivity index (χ4n) is 3.56. The van der Waals surface area contributed by atoms with Gasteiger partial charge in [0.15, 0.2) is 0 Å². The molecule has 1 N–H and O–H groups in total. The zero-order chi connectivity index (χ0) is 15.5. The van der Waals surface area contributed by atoms with Crippen molar-refractivity contribution in [3.63, 3.8) is 0 Å². The van der Waals surface area contributed by atoms with E-state index in [0.29, 0.717) is 5.92 Å². The summed E-state index contributed by atoms with van der Waals surface area (Å²) in [4.78, 5) is 11.1. The van der Waals surface area contributed by atoms with Gasteiger partial charge in [0.2, 0.25) is 5.95 Å². The quantitative estimate of drug-likeness (QED) is 0.917. The number of nitrogens with one attached hydrogen (secondary N) is 1. The molecule has 122 valence electrons. The number of rotatable bonds is 5. The second kappa shape index (κ2) is 6.66. The summed E-state index contributed by atoms with van der Waals surface area (Å²) in [6, 6.07) is 4.79. The minimum Gasteiger partial charge on any atom is -0.354 e. The molecule has 2 aromatic rings. The summed E-state index contributed by atoms with van der Waals surface area (Å²) >= 11 is 0. The van der Waals surface area contributed by atoms with E-state index in [-0.39, 0.29) is 0 Å². The van der Waals surface area contributed by atoms with Crippen molar-refractivity contribution >= 4 is 5.95 Å². The molecule has 0 spiro atoms. The second-order valence-corrected chi connectivity index (χ2v) is 6.67. The van der Waals surface area contributed by atoms with Crippen LogP contribution in [0.25, 0.3) is 0 Å². The van der Waals surface area contributed by atoms with Crippen LogP contribution in [0.1, 0.15) is 31.4 Å². The molecule has 1 aliphatic heterocycles. The van der Waals surface area contributed by atoms with Crippen molar-refractivity contribution < 1.29 is 0 Å². The molecule has 6 heteroatoms. The van der Waals surface area contributed by atoms with Gasteiger partial charge >= 0.3 is 0 Å². The molecule has 2 aromatic heterocycles. The first-order chi connectivity index (χ1) is 11.4. The van der Waals surface area contributed by atoms with E-state index in [9.17, 15) is 0 Å². The van der Waals surface area contributed by atoms with E-state index >= 15 is 0 Å². The van der Waals surface area contributed by atoms with E-state index in [1.54, 1.807) is 12.4 Å². The Labute approximate surface area is 136 Å². The molecule has 1 atom stereocenters. The van der Waals surface area contributed by atoms with Crippen molar-refractivity contribution in [1.82, 2.24) is 24.6 Å². The Morgan fingerprint density at radius 3 is 2.78 bits per heavy atom. The second-order valence-electron chi connectivity index (χ2n) is 6.67. The summed E-state index contributed by atoms with van der Waals surface area (Å²) in [6.45, 7) is 4.15. The number of hydrogen-bond acceptors (Lipinski definition) is 5. The third kappa shape index (κ3) is 3.37. The summed E-state index contributed by atoms with van der Waals surface area (Å²) in [5, 5.41) is 7.85. The monoisotopic (exact) mass is 312 g/mol. The molecule has 1 saturated carbocycles. The van der Waals surface area contributed by atoms with Crippen LogP contribution in [0, 0.1) is 5.92 Å². The molecule has 0 radical (unpaired) electrons. The van der Waals surface area contributed by atoms with Crippen LogP contribution in [-0.2, 0) is 13.1 Å². The Balaban J connectivity index is 1.38. The summed E-state index contributed by atoms with van der Waals surface area (Å²) in [7, 11) is 0. The molecule has 1 aliphatic carbocycles. The molecule has 23 heavy (non-hydrogen) atoms. The molecule has 3 heterocycles. The number of hydrogen-bond donors (Lipinski definition) is 1. The average Bonchev–Trinajstić information content (AvgIpc) is 2.86. The van der Waals surface area contributed by atoms with E-state index in [1.165, 1.54) is 31.5 Å². The maximum Gasteiger partial charge on any atom is 0.222 e. The zero-order valence-electron chi connectivity index (χ0n) is 13.4. The number of anilines is 1. The van der Waals surface area contributed by atoms with Crippen molar-refractivity contribution in [1.29, 1.82) is 0 Å². The van der Waals surface area contributed by atoms with Gasteiger partial charge in [0, 0.05) is 50.8 Å². The lowest BCUT2D eigenvalue weighted by Crippen LogP contribution is -2.41. The van der Waals surface area contributed by atoms with Gasteiger partial charge in [-0.3, -0.25) is 9.58 Å². The van der Waals surface area contributed by atoms with E-state index in [4.69, 9.17) is 0 Å². The van der Waals surface area contributed by atoms with Gasteiger partial charge in [0.25, 0.3) is 0 Å². The molecular weight excluding hydrogens is 288 g/mol. The van der Waals surface area contributed by atoms with Crippen LogP contribution in [0.15, 0.2) is 30.7 Å². The molecule has 0 aromatic carbocycles. The van der Waals surface area contributed by atoms with Crippen LogP contribution >= 0.6 is 0 Å². The van der Waals surface area contributed by atoms with Crippen LogP contribution in [0.2, 0.25) is 0 Å². The van der Waals surface area contributed by atoms with Crippen molar-refractivity contribution in [3.8, 4) is 0 Å². The van der Waals surface area contributed by atoms with Crippen molar-refractivity contribution in [3.05, 3.63) is 36.4 Å². The average molecular weight is 312 g/mol. The Hall–Kier alpha value is -1.95. The molecule has 0 bridgehead atoms. The van der Waals surface area contributed by atoms with Crippen LogP contribution in [0.5, 0.6) is 0 Å². The standard InChI is InChI=1S/C17H24N6/c1-3-15(4-1)22-11-14(12-23-16(13-22)6-10-21-23)5-9-20-17-18-7-2-8-19-17/h2,6-8,10,14-15H,1,3-5,9,11-13H2,(H,18,19,20)/t14-/m1/s1. The summed E-state index contributed by atoms with van der Waals surface area (Å²) in [5.41, 5.74) is 1.36. The Morgan fingerprint density at radius 1 is 1.13 bits per heavy atom. The minimum atomic E-state index is 0.618. The topological polar surface area (TPSA) is 58.9 Å². The molecule has 4 rings (SSSR count). The normalized spacial score (nSPS) is 22.2. The first-order valence-electron chi connectivity index (χ1n) is 8.64. The van der Waals surface area contributed by atoms with E-state index in [2.05, 4.69) is 36.0 Å². The first kappa shape index (κ1) is 14.6. The lowest BCUT2D eigenvalue weighted by Gasteiger charge is -2.38. The van der Waals surface area contributed by atoms with Crippen LogP contribution in [-0.4, -0.2) is 43.8 Å². The third-order valence-corrected chi connectivity index (χ3v) is 5.09. The maximum absolute atomic E-state index is 4.52. The minimum absolute atomic E-state index is 0.618. The van der Waals surface area contributed by atoms with Gasteiger partial charge in [-0.05, 0) is 37.3 Å². The lowest BCUT2D eigenvalue weighted by molar-refractivity contribution is 0.103. The molecule has 0 unspecified atom stereocenters. The van der Waals surface area contributed by atoms with Gasteiger partial charge in [-0.25, -0.2) is 9.97 Å². The predicted octanol–water partition coefficient (Wildman–Crippen LogP) is 2.16.